The van der Waals surface area contributed by atoms with Crippen LogP contribution in [0.15, 0.2) is 4.99 Å². The number of nitrogens with zero attached hydrogens (tertiary/aromatic N) is 1. The summed E-state index contributed by atoms with van der Waals surface area (Å²) in [6.07, 6.45) is 3.08. The SMILES string of the molecule is CNC(=O)C1=NCCCC1. The van der Waals surface area contributed by atoms with Crippen LogP contribution in [0.25, 0.3) is 0 Å². The molecule has 0 spiro atoms. The number of aliphatic imine (C=N–C) groups is 1. The van der Waals surface area contributed by atoms with Gasteiger partial charge in [0.15, 0.2) is 0 Å². The molecule has 0 saturated heterocycles. The van der Waals surface area contributed by atoms with Crippen LogP contribution in [0.2, 0.25) is 0 Å². The molecule has 0 aromatic carbocycles. The van der Waals surface area contributed by atoms with Crippen molar-refractivity contribution in [3.63, 3.8) is 0 Å². The van der Waals surface area contributed by atoms with Crippen molar-refractivity contribution in [3.8, 4) is 0 Å². The second kappa shape index (κ2) is 3.34. The Morgan fingerprint density at radius 1 is 1.60 bits per heavy atom. The summed E-state index contributed by atoms with van der Waals surface area (Å²) in [4.78, 5) is 15.0. The van der Waals surface area contributed by atoms with E-state index in [2.05, 4.69) is 10.3 Å². The van der Waals surface area contributed by atoms with Gasteiger partial charge in [0.1, 0.15) is 0 Å². The topological polar surface area (TPSA) is 41.5 Å². The van der Waals surface area contributed by atoms with Gasteiger partial charge in [-0.2, -0.15) is 0 Å². The highest BCUT2D eigenvalue weighted by Gasteiger charge is 2.11. The number of amides is 1. The Morgan fingerprint density at radius 3 is 2.90 bits per heavy atom. The molecule has 0 saturated carbocycles. The minimum absolute atomic E-state index is 0.0142. The fourth-order valence-electron chi connectivity index (χ4n) is 1.03. The lowest BCUT2D eigenvalue weighted by molar-refractivity contribution is -0.114. The molecule has 0 bridgehead atoms. The van der Waals surface area contributed by atoms with Crippen LogP contribution in [-0.4, -0.2) is 25.2 Å². The van der Waals surface area contributed by atoms with Gasteiger partial charge in [0.2, 0.25) is 0 Å². The van der Waals surface area contributed by atoms with Gasteiger partial charge in [-0.1, -0.05) is 0 Å². The average Bonchev–Trinajstić information content (AvgIpc) is 2.05. The summed E-state index contributed by atoms with van der Waals surface area (Å²) < 4.78 is 0. The third kappa shape index (κ3) is 1.56. The maximum absolute atomic E-state index is 10.9. The second-order valence-electron chi connectivity index (χ2n) is 2.36. The molecule has 0 atom stereocenters. The van der Waals surface area contributed by atoms with Crippen molar-refractivity contribution in [2.75, 3.05) is 13.6 Å². The van der Waals surface area contributed by atoms with Gasteiger partial charge in [0, 0.05) is 13.6 Å². The Kier molecular flexibility index (Phi) is 2.42. The minimum Gasteiger partial charge on any atom is -0.354 e. The van der Waals surface area contributed by atoms with Gasteiger partial charge in [-0.15, -0.1) is 0 Å². The molecule has 0 aliphatic carbocycles. The molecule has 10 heavy (non-hydrogen) atoms. The number of nitrogens with one attached hydrogen (secondary N) is 1. The maximum atomic E-state index is 10.9. The van der Waals surface area contributed by atoms with Crippen molar-refractivity contribution >= 4 is 11.6 Å². The molecule has 1 rings (SSSR count). The zero-order chi connectivity index (χ0) is 7.40. The lowest BCUT2D eigenvalue weighted by Gasteiger charge is -2.09. The van der Waals surface area contributed by atoms with Crippen molar-refractivity contribution in [2.45, 2.75) is 19.3 Å². The Labute approximate surface area is 60.5 Å². The summed E-state index contributed by atoms with van der Waals surface area (Å²) in [5, 5.41) is 2.56. The first-order valence-corrected chi connectivity index (χ1v) is 3.60. The summed E-state index contributed by atoms with van der Waals surface area (Å²) in [7, 11) is 1.64. The van der Waals surface area contributed by atoms with Crippen LogP contribution in [-0.2, 0) is 4.79 Å². The van der Waals surface area contributed by atoms with Gasteiger partial charge in [0.25, 0.3) is 5.91 Å². The lowest BCUT2D eigenvalue weighted by Crippen LogP contribution is -2.29. The van der Waals surface area contributed by atoms with E-state index >= 15 is 0 Å². The molecule has 0 unspecified atom stereocenters. The molecule has 1 heterocycles. The van der Waals surface area contributed by atoms with E-state index in [9.17, 15) is 4.79 Å². The monoisotopic (exact) mass is 140 g/mol. The van der Waals surface area contributed by atoms with Crippen molar-refractivity contribution in [2.24, 2.45) is 4.99 Å². The van der Waals surface area contributed by atoms with Gasteiger partial charge in [0.05, 0.1) is 5.71 Å². The van der Waals surface area contributed by atoms with Crippen molar-refractivity contribution in [1.29, 1.82) is 0 Å². The number of rotatable bonds is 1. The van der Waals surface area contributed by atoms with E-state index < -0.39 is 0 Å². The van der Waals surface area contributed by atoms with E-state index in [0.717, 1.165) is 25.8 Å². The van der Waals surface area contributed by atoms with Gasteiger partial charge in [-0.25, -0.2) is 0 Å². The van der Waals surface area contributed by atoms with Gasteiger partial charge in [-0.05, 0) is 19.3 Å². The Morgan fingerprint density at radius 2 is 2.40 bits per heavy atom. The molecule has 1 aliphatic heterocycles. The van der Waals surface area contributed by atoms with E-state index in [0.29, 0.717) is 5.71 Å². The molecule has 0 radical (unpaired) electrons. The molecule has 3 nitrogen and oxygen atoms in total. The lowest BCUT2D eigenvalue weighted by atomic mass is 10.1. The molecule has 1 aliphatic rings. The first kappa shape index (κ1) is 7.25. The molecular weight excluding hydrogens is 128 g/mol. The Balaban J connectivity index is 2.53. The highest BCUT2D eigenvalue weighted by Crippen LogP contribution is 2.05. The van der Waals surface area contributed by atoms with Gasteiger partial charge >= 0.3 is 0 Å². The number of carbonyl (C=O) groups is 1. The quantitative estimate of drug-likeness (QED) is 0.561. The van der Waals surface area contributed by atoms with E-state index in [1.165, 1.54) is 0 Å². The predicted octanol–water partition coefficient (Wildman–Crippen LogP) is 0.357. The van der Waals surface area contributed by atoms with E-state index in [1.54, 1.807) is 7.05 Å². The van der Waals surface area contributed by atoms with Crippen LogP contribution in [0, 0.1) is 0 Å². The van der Waals surface area contributed by atoms with Crippen LogP contribution in [0.3, 0.4) is 0 Å². The summed E-state index contributed by atoms with van der Waals surface area (Å²) in [5.74, 6) is -0.0142. The third-order valence-corrected chi connectivity index (χ3v) is 1.61. The summed E-state index contributed by atoms with van der Waals surface area (Å²) in [6, 6.07) is 0. The normalized spacial score (nSPS) is 17.9. The first-order valence-electron chi connectivity index (χ1n) is 3.60. The molecule has 0 aromatic rings. The van der Waals surface area contributed by atoms with Crippen LogP contribution >= 0.6 is 0 Å². The van der Waals surface area contributed by atoms with Crippen LogP contribution in [0.4, 0.5) is 0 Å². The fourth-order valence-corrected chi connectivity index (χ4v) is 1.03. The van der Waals surface area contributed by atoms with Gasteiger partial charge < -0.3 is 5.32 Å². The largest absolute Gasteiger partial charge is 0.354 e. The third-order valence-electron chi connectivity index (χ3n) is 1.61. The standard InChI is InChI=1S/C7H12N2O/c1-8-7(10)6-4-2-3-5-9-6/h2-5H2,1H3,(H,8,10). The fraction of sp³-hybridized carbons (Fsp3) is 0.714. The maximum Gasteiger partial charge on any atom is 0.264 e. The smallest absolute Gasteiger partial charge is 0.264 e. The predicted molar refractivity (Wildman–Crippen MR) is 40.2 cm³/mol. The summed E-state index contributed by atoms with van der Waals surface area (Å²) in [5.41, 5.74) is 0.716. The highest BCUT2D eigenvalue weighted by atomic mass is 16.1. The number of hydrogen-bond donors (Lipinski definition) is 1. The second-order valence-corrected chi connectivity index (χ2v) is 2.36. The minimum atomic E-state index is -0.0142. The zero-order valence-corrected chi connectivity index (χ0v) is 6.18. The Bertz CT molecular complexity index is 163. The molecule has 56 valence electrons. The number of carbonyl (C=O) groups excluding carboxylic acids is 1. The van der Waals surface area contributed by atoms with E-state index in [4.69, 9.17) is 0 Å². The van der Waals surface area contributed by atoms with Crippen molar-refractivity contribution in [3.05, 3.63) is 0 Å². The van der Waals surface area contributed by atoms with Crippen molar-refractivity contribution < 1.29 is 4.79 Å². The van der Waals surface area contributed by atoms with Crippen LogP contribution in [0.5, 0.6) is 0 Å². The van der Waals surface area contributed by atoms with Crippen molar-refractivity contribution in [1.82, 2.24) is 5.32 Å². The van der Waals surface area contributed by atoms with Crippen LogP contribution in [0.1, 0.15) is 19.3 Å². The molecular formula is C7H12N2O. The van der Waals surface area contributed by atoms with Gasteiger partial charge in [-0.3, -0.25) is 9.79 Å². The molecule has 0 fully saturated rings. The molecule has 3 heteroatoms. The highest BCUT2D eigenvalue weighted by molar-refractivity contribution is 6.38. The zero-order valence-electron chi connectivity index (χ0n) is 6.18. The summed E-state index contributed by atoms with van der Waals surface area (Å²) >= 11 is 0. The van der Waals surface area contributed by atoms with E-state index in [-0.39, 0.29) is 5.91 Å². The molecule has 0 aromatic heterocycles. The number of hydrogen-bond acceptors (Lipinski definition) is 2. The molecule has 1 N–H and O–H groups in total. The molecule has 1 amide bonds. The average molecular weight is 140 g/mol. The van der Waals surface area contributed by atoms with Crippen LogP contribution < -0.4 is 5.32 Å². The Hall–Kier alpha value is -0.860. The summed E-state index contributed by atoms with van der Waals surface area (Å²) in [6.45, 7) is 0.822. The van der Waals surface area contributed by atoms with E-state index in [1.807, 2.05) is 0 Å². The first-order chi connectivity index (χ1) is 4.84.